The average molecular weight is 257 g/mol. The van der Waals surface area contributed by atoms with Gasteiger partial charge in [0.15, 0.2) is 12.2 Å². The zero-order valence-corrected chi connectivity index (χ0v) is 7.39. The number of aromatic nitrogens is 1. The molecule has 0 radical (unpaired) electrons. The molecule has 0 amide bonds. The van der Waals surface area contributed by atoms with E-state index in [9.17, 15) is 0 Å². The highest BCUT2D eigenvalue weighted by atomic mass is 127. The Morgan fingerprint density at radius 2 is 2.78 bits per heavy atom. The van der Waals surface area contributed by atoms with Crippen molar-refractivity contribution < 1.29 is 8.60 Å². The van der Waals surface area contributed by atoms with Crippen molar-refractivity contribution in [1.29, 1.82) is 0 Å². The Morgan fingerprint density at radius 3 is 3.33 bits per heavy atom. The Morgan fingerprint density at radius 1 is 1.89 bits per heavy atom. The van der Waals surface area contributed by atoms with Crippen LogP contribution in [0.3, 0.4) is 0 Å². The van der Waals surface area contributed by atoms with Gasteiger partial charge in [-0.2, -0.15) is 0 Å². The Labute approximate surface area is 69.0 Å². The van der Waals surface area contributed by atoms with Gasteiger partial charge in [0.25, 0.3) is 0 Å². The van der Waals surface area contributed by atoms with Gasteiger partial charge in [-0.25, -0.2) is 4.98 Å². The largest absolute Gasteiger partial charge is 0.446 e. The third kappa shape index (κ3) is 2.55. The van der Waals surface area contributed by atoms with Crippen LogP contribution in [-0.2, 0) is 10.8 Å². The molecule has 0 aliphatic rings. The van der Waals surface area contributed by atoms with E-state index in [0.29, 0.717) is 6.61 Å². The molecule has 0 aliphatic carbocycles. The third-order valence-corrected chi connectivity index (χ3v) is 1.70. The highest BCUT2D eigenvalue weighted by molar-refractivity contribution is 14.2. The molecule has 0 spiro atoms. The zero-order valence-electron chi connectivity index (χ0n) is 4.41. The van der Waals surface area contributed by atoms with Crippen molar-refractivity contribution in [3.8, 4) is 0 Å². The molecule has 1 rings (SSSR count). The molecule has 0 saturated heterocycles. The molecule has 50 valence electrons. The fourth-order valence-electron chi connectivity index (χ4n) is 0.394. The van der Waals surface area contributed by atoms with Crippen LogP contribution in [-0.4, -0.2) is 4.98 Å². The summed E-state index contributed by atoms with van der Waals surface area (Å²) < 4.78 is 9.83. The second-order valence-corrected chi connectivity index (χ2v) is 2.73. The van der Waals surface area contributed by atoms with Crippen LogP contribution < -0.4 is 0 Å². The van der Waals surface area contributed by atoms with Gasteiger partial charge in [0.2, 0.25) is 0 Å². The number of nitrogens with zero attached hydrogens (tertiary/aromatic N) is 1. The van der Waals surface area contributed by atoms with Gasteiger partial charge in [-0.15, -0.1) is 0 Å². The van der Waals surface area contributed by atoms with Crippen LogP contribution in [0.4, 0.5) is 0 Å². The Hall–Kier alpha value is 0.250. The first-order valence-corrected chi connectivity index (χ1v) is 5.49. The van der Waals surface area contributed by atoms with E-state index in [1.807, 2.05) is 21.2 Å². The van der Waals surface area contributed by atoms with Gasteiger partial charge in [-0.05, 0) is 0 Å². The van der Waals surface area contributed by atoms with E-state index in [-0.39, 0.29) is 0 Å². The standard InChI is InChI=1S/C4H4INO2S/c5-9-8-2-4-1-6-3-7-4/h1,3H,2H2. The van der Waals surface area contributed by atoms with E-state index in [4.69, 9.17) is 8.60 Å². The first-order valence-electron chi connectivity index (χ1n) is 2.21. The maximum atomic E-state index is 4.95. The summed E-state index contributed by atoms with van der Waals surface area (Å²) in [7, 11) is 1.28. The highest BCUT2D eigenvalue weighted by Gasteiger charge is 1.93. The Bertz CT molecular complexity index is 156. The second kappa shape index (κ2) is 4.13. The van der Waals surface area contributed by atoms with Crippen LogP contribution >= 0.6 is 30.4 Å². The molecule has 1 heterocycles. The summed E-state index contributed by atoms with van der Waals surface area (Å²) in [4.78, 5) is 3.72. The lowest BCUT2D eigenvalue weighted by atomic mass is 10.6. The monoisotopic (exact) mass is 257 g/mol. The highest BCUT2D eigenvalue weighted by Crippen LogP contribution is 2.14. The minimum atomic E-state index is 0.480. The average Bonchev–Trinajstić information content (AvgIpc) is 2.34. The van der Waals surface area contributed by atoms with Crippen LogP contribution in [0, 0.1) is 0 Å². The predicted molar refractivity (Wildman–Crippen MR) is 42.9 cm³/mol. The minimum Gasteiger partial charge on any atom is -0.446 e. The molecule has 1 aromatic rings. The molecule has 5 heteroatoms. The van der Waals surface area contributed by atoms with Crippen LogP contribution in [0.25, 0.3) is 0 Å². The molecule has 9 heavy (non-hydrogen) atoms. The summed E-state index contributed by atoms with van der Waals surface area (Å²) >= 11 is 2.04. The molecule has 0 aliphatic heterocycles. The molecule has 0 fully saturated rings. The molecule has 0 N–H and O–H groups in total. The predicted octanol–water partition coefficient (Wildman–Crippen LogP) is 2.19. The number of rotatable bonds is 3. The van der Waals surface area contributed by atoms with Crippen molar-refractivity contribution in [1.82, 2.24) is 4.98 Å². The van der Waals surface area contributed by atoms with E-state index in [1.165, 1.54) is 15.6 Å². The normalized spacial score (nSPS) is 9.89. The maximum absolute atomic E-state index is 4.95. The molecule has 0 aromatic carbocycles. The molecule has 3 nitrogen and oxygen atoms in total. The summed E-state index contributed by atoms with van der Waals surface area (Å²) in [6, 6.07) is 0. The first-order chi connectivity index (χ1) is 4.43. The van der Waals surface area contributed by atoms with E-state index >= 15 is 0 Å². The molecule has 0 bridgehead atoms. The van der Waals surface area contributed by atoms with Crippen molar-refractivity contribution in [3.05, 3.63) is 18.4 Å². The smallest absolute Gasteiger partial charge is 0.180 e. The second-order valence-electron chi connectivity index (χ2n) is 1.29. The van der Waals surface area contributed by atoms with E-state index in [2.05, 4.69) is 4.98 Å². The summed E-state index contributed by atoms with van der Waals surface area (Å²) in [5, 5.41) is 0. The number of hydrogen-bond acceptors (Lipinski definition) is 4. The van der Waals surface area contributed by atoms with Gasteiger partial charge in [0.05, 0.1) is 15.4 Å². The topological polar surface area (TPSA) is 35.3 Å². The van der Waals surface area contributed by atoms with Crippen molar-refractivity contribution in [2.75, 3.05) is 0 Å². The van der Waals surface area contributed by atoms with Crippen LogP contribution in [0.2, 0.25) is 0 Å². The quantitative estimate of drug-likeness (QED) is 0.614. The fraction of sp³-hybridized carbons (Fsp3) is 0.250. The minimum absolute atomic E-state index is 0.480. The summed E-state index contributed by atoms with van der Waals surface area (Å²) in [5.74, 6) is 0.749. The fourth-order valence-corrected chi connectivity index (χ4v) is 0.936. The van der Waals surface area contributed by atoms with Crippen molar-refractivity contribution in [3.63, 3.8) is 0 Å². The molecule has 1 aromatic heterocycles. The van der Waals surface area contributed by atoms with Gasteiger partial charge < -0.3 is 4.42 Å². The summed E-state index contributed by atoms with van der Waals surface area (Å²) in [6.45, 7) is 0.480. The van der Waals surface area contributed by atoms with Crippen molar-refractivity contribution in [2.24, 2.45) is 0 Å². The molecule has 0 atom stereocenters. The summed E-state index contributed by atoms with van der Waals surface area (Å²) in [6.07, 6.45) is 3.02. The Balaban J connectivity index is 2.30. The Kier molecular flexibility index (Phi) is 3.37. The molecule has 0 saturated carbocycles. The van der Waals surface area contributed by atoms with Gasteiger partial charge in [0.1, 0.15) is 6.61 Å². The first kappa shape index (κ1) is 7.36. The lowest BCUT2D eigenvalue weighted by molar-refractivity contribution is 0.319. The maximum Gasteiger partial charge on any atom is 0.180 e. The zero-order chi connectivity index (χ0) is 6.53. The van der Waals surface area contributed by atoms with Crippen LogP contribution in [0.5, 0.6) is 0 Å². The molecule has 0 unspecified atom stereocenters. The number of hydrogen-bond donors (Lipinski definition) is 0. The van der Waals surface area contributed by atoms with Crippen molar-refractivity contribution >= 4 is 30.4 Å². The number of halogens is 1. The van der Waals surface area contributed by atoms with Gasteiger partial charge in [-0.3, -0.25) is 4.18 Å². The lowest BCUT2D eigenvalue weighted by Crippen LogP contribution is -1.77. The number of oxazole rings is 1. The van der Waals surface area contributed by atoms with E-state index in [0.717, 1.165) is 5.76 Å². The van der Waals surface area contributed by atoms with Gasteiger partial charge in [-0.1, -0.05) is 0 Å². The van der Waals surface area contributed by atoms with E-state index in [1.54, 1.807) is 6.20 Å². The molecular weight excluding hydrogens is 253 g/mol. The molecular formula is C4H4INO2S. The van der Waals surface area contributed by atoms with Crippen LogP contribution in [0.15, 0.2) is 17.0 Å². The van der Waals surface area contributed by atoms with Gasteiger partial charge >= 0.3 is 0 Å². The van der Waals surface area contributed by atoms with Gasteiger partial charge in [0, 0.05) is 21.2 Å². The van der Waals surface area contributed by atoms with Crippen LogP contribution in [0.1, 0.15) is 5.76 Å². The third-order valence-electron chi connectivity index (χ3n) is 0.729. The lowest BCUT2D eigenvalue weighted by Gasteiger charge is -1.89. The van der Waals surface area contributed by atoms with E-state index < -0.39 is 0 Å². The SMILES string of the molecule is ISOCc1cnco1. The van der Waals surface area contributed by atoms with Crippen molar-refractivity contribution in [2.45, 2.75) is 6.61 Å². The summed E-state index contributed by atoms with van der Waals surface area (Å²) in [5.41, 5.74) is 0.